The quantitative estimate of drug-likeness (QED) is 0.191. The zero-order chi connectivity index (χ0) is 14.3. The molecule has 0 aromatic carbocycles. The molecule has 22 heteroatoms. The Balaban J connectivity index is -0.00000001000. The van der Waals surface area contributed by atoms with Gasteiger partial charge in [-0.1, -0.05) is 0 Å². The van der Waals surface area contributed by atoms with Crippen LogP contribution in [0.2, 0.25) is 0 Å². The van der Waals surface area contributed by atoms with E-state index in [0.29, 0.717) is 0 Å². The van der Waals surface area contributed by atoms with Gasteiger partial charge in [-0.25, -0.2) is 0 Å². The molecule has 0 heterocycles. The molecule has 0 aromatic rings. The van der Waals surface area contributed by atoms with Crippen molar-refractivity contribution in [1.29, 1.82) is 0 Å². The zero-order valence-corrected chi connectivity index (χ0v) is 13.0. The molecule has 0 bridgehead atoms. The maximum absolute atomic E-state index is 8.25. The molecular formula is H10N4O17Pu-4. The monoisotopic (exact) mass is 576 g/mol. The summed E-state index contributed by atoms with van der Waals surface area (Å²) in [5, 5.41) is 59.0. The number of hydrogen-bond donors (Lipinski definition) is 0. The van der Waals surface area contributed by atoms with E-state index in [1.165, 1.54) is 0 Å². The van der Waals surface area contributed by atoms with E-state index >= 15 is 0 Å². The Labute approximate surface area is 138 Å². The molecule has 0 aliphatic carbocycles. The fourth-order valence-corrected chi connectivity index (χ4v) is 0. The molecule has 0 atom stereocenters. The molecule has 0 aromatic heterocycles. The van der Waals surface area contributed by atoms with Crippen molar-refractivity contribution in [2.24, 2.45) is 0 Å². The molecule has 0 spiro atoms. The van der Waals surface area contributed by atoms with Crippen molar-refractivity contribution in [3.05, 3.63) is 61.3 Å². The van der Waals surface area contributed by atoms with Gasteiger partial charge >= 0.3 is 0 Å². The maximum Gasteiger partial charge on any atom is 0.0689 e. The first-order chi connectivity index (χ1) is 6.93. The van der Waals surface area contributed by atoms with Crippen molar-refractivity contribution in [3.63, 3.8) is 0 Å². The van der Waals surface area contributed by atoms with Crippen molar-refractivity contribution < 1.29 is 76.9 Å². The molecule has 10 N–H and O–H groups in total. The van der Waals surface area contributed by atoms with Gasteiger partial charge in [-0.15, -0.1) is 0 Å². The first kappa shape index (κ1) is 73.6. The van der Waals surface area contributed by atoms with Crippen molar-refractivity contribution >= 4 is 0 Å². The van der Waals surface area contributed by atoms with Gasteiger partial charge in [-0.2, -0.15) is 0 Å². The third-order valence-corrected chi connectivity index (χ3v) is 0. The van der Waals surface area contributed by atoms with Gasteiger partial charge in [-0.05, 0) is 0 Å². The summed E-state index contributed by atoms with van der Waals surface area (Å²) in [6.07, 6.45) is 0. The molecule has 0 saturated carbocycles. The molecule has 0 amide bonds. The van der Waals surface area contributed by atoms with Gasteiger partial charge in [0.15, 0.2) is 0 Å². The fraction of sp³-hybridized carbons (Fsp3) is 0. The molecule has 0 radical (unpaired) electrons. The minimum Gasteiger partial charge on any atom is -0.412 e. The van der Waals surface area contributed by atoms with Gasteiger partial charge < -0.3 is 88.7 Å². The Bertz CT molecular complexity index is 161. The van der Waals surface area contributed by atoms with Gasteiger partial charge in [0.2, 0.25) is 0 Å². The molecule has 0 aliphatic rings. The Kier molecular flexibility index (Phi) is 209. The van der Waals surface area contributed by atoms with Crippen molar-refractivity contribution in [1.82, 2.24) is 0 Å². The van der Waals surface area contributed by atoms with Crippen LogP contribution in [-0.4, -0.2) is 47.7 Å². The molecule has 0 aliphatic heterocycles. The smallest absolute Gasteiger partial charge is 0.0689 e. The van der Waals surface area contributed by atoms with Crippen LogP contribution in [0.5, 0.6) is 0 Å². The van der Waals surface area contributed by atoms with E-state index in [4.69, 9.17) is 61.3 Å². The van der Waals surface area contributed by atoms with E-state index in [2.05, 4.69) is 0 Å². The molecule has 0 saturated heterocycles. The van der Waals surface area contributed by atoms with Gasteiger partial charge in [0.25, 0.3) is 0 Å². The summed E-state index contributed by atoms with van der Waals surface area (Å²) in [5.41, 5.74) is 0. The van der Waals surface area contributed by atoms with Crippen LogP contribution >= 0.6 is 0 Å². The first-order valence-corrected chi connectivity index (χ1v) is 2.19. The van der Waals surface area contributed by atoms with Gasteiger partial charge in [-0.3, -0.25) is 0 Å². The minimum absolute atomic E-state index is 0. The van der Waals surface area contributed by atoms with Crippen LogP contribution in [0.15, 0.2) is 0 Å². The van der Waals surface area contributed by atoms with Crippen LogP contribution in [0.4, 0.5) is 0 Å². The van der Waals surface area contributed by atoms with Gasteiger partial charge in [0.05, 0.1) is 20.3 Å². The summed E-state index contributed by atoms with van der Waals surface area (Å²) < 4.78 is 0. The summed E-state index contributed by atoms with van der Waals surface area (Å²) in [4.78, 5) is 33.0. The van der Waals surface area contributed by atoms with E-state index in [1.54, 1.807) is 0 Å². The largest absolute Gasteiger partial charge is 0.412 e. The summed E-state index contributed by atoms with van der Waals surface area (Å²) in [6, 6.07) is 0. The third-order valence-electron chi connectivity index (χ3n) is 0. The molecule has 21 nitrogen and oxygen atoms in total. The van der Waals surface area contributed by atoms with Crippen LogP contribution in [0, 0.1) is 90.5 Å². The van der Waals surface area contributed by atoms with E-state index < -0.39 is 20.3 Å². The summed E-state index contributed by atoms with van der Waals surface area (Å²) in [5.74, 6) is 0. The fourth-order valence-electron chi connectivity index (χ4n) is 0. The van der Waals surface area contributed by atoms with Crippen LogP contribution in [0.25, 0.3) is 0 Å². The predicted molar refractivity (Wildman–Crippen MR) is 59.5 cm³/mol. The number of hydrogen-bond acceptors (Lipinski definition) is 12. The standard InChI is InChI=1S/4NO3.5H2O.Pu/c4*2-1(3)4;;;;;;/h;;;;5*1H2;/q4*-1;;;;;;. The molecule has 0 unspecified atom stereocenters. The Hall–Kier alpha value is -2.41. The molecule has 0 fully saturated rings. The Morgan fingerprint density at radius 2 is 0.364 bits per heavy atom. The summed E-state index contributed by atoms with van der Waals surface area (Å²) >= 11 is 0. The average Bonchev–Trinajstić information content (AvgIpc) is 1.76. The summed E-state index contributed by atoms with van der Waals surface area (Å²) in [6.45, 7) is 0. The van der Waals surface area contributed by atoms with E-state index in [-0.39, 0.29) is 56.6 Å². The number of rotatable bonds is 0. The molecule has 0 rings (SSSR count). The van der Waals surface area contributed by atoms with Crippen LogP contribution in [0.1, 0.15) is 0 Å². The third kappa shape index (κ3) is 831. The van der Waals surface area contributed by atoms with Crippen molar-refractivity contribution in [3.8, 4) is 0 Å². The summed E-state index contributed by atoms with van der Waals surface area (Å²) in [7, 11) is 0. The molecular weight excluding hydrogens is 572 g/mol. The number of nitrogens with zero attached hydrogens (tertiary/aromatic N) is 4. The first-order valence-electron chi connectivity index (χ1n) is 2.19. The van der Waals surface area contributed by atoms with Crippen molar-refractivity contribution in [2.45, 2.75) is 0 Å². The SMILES string of the molecule is O.O.O.O.O.O=[N+]([O-])[O-].O=[N+]([O-])[O-].O=[N+]([O-])[O-].O=[N+]([O-])[O-].[Pu]. The minimum atomic E-state index is -1.75. The normalized spacial score (nSPS) is 4.36. The Morgan fingerprint density at radius 1 is 0.364 bits per heavy atom. The molecule has 22 heavy (non-hydrogen) atoms. The van der Waals surface area contributed by atoms with E-state index in [1.807, 2.05) is 0 Å². The van der Waals surface area contributed by atoms with E-state index in [0.717, 1.165) is 0 Å². The van der Waals surface area contributed by atoms with Gasteiger partial charge in [0.1, 0.15) is 0 Å². The van der Waals surface area contributed by atoms with Gasteiger partial charge in [0, 0.05) is 29.2 Å². The Morgan fingerprint density at radius 3 is 0.364 bits per heavy atom. The topological polar surface area (TPSA) is 422 Å². The average molecular weight is 582 g/mol. The van der Waals surface area contributed by atoms with Crippen molar-refractivity contribution in [2.75, 3.05) is 0 Å². The predicted octanol–water partition coefficient (Wildman–Crippen LogP) is -5.08. The van der Waals surface area contributed by atoms with E-state index in [9.17, 15) is 0 Å². The second kappa shape index (κ2) is 62.5. The maximum atomic E-state index is 8.25. The van der Waals surface area contributed by atoms with Crippen LogP contribution in [-0.2, 0) is 0 Å². The zero-order valence-electron chi connectivity index (χ0n) is 9.60. The molecule has 142 valence electrons. The second-order valence-corrected chi connectivity index (χ2v) is 0.894. The van der Waals surface area contributed by atoms with Crippen LogP contribution in [0.3, 0.4) is 0 Å². The van der Waals surface area contributed by atoms with Crippen LogP contribution < -0.4 is 0 Å². The second-order valence-electron chi connectivity index (χ2n) is 0.894.